The van der Waals surface area contributed by atoms with Crippen molar-refractivity contribution in [2.75, 3.05) is 18.5 Å². The molecular formula is C14H23N3O. The smallest absolute Gasteiger partial charge is 0.147 e. The third-order valence-electron chi connectivity index (χ3n) is 3.91. The molecule has 0 aliphatic heterocycles. The number of hydrogen-bond acceptors (Lipinski definition) is 4. The lowest BCUT2D eigenvalue weighted by Gasteiger charge is -2.30. The van der Waals surface area contributed by atoms with Crippen LogP contribution < -0.4 is 5.32 Å². The van der Waals surface area contributed by atoms with Gasteiger partial charge in [0.2, 0.25) is 0 Å². The summed E-state index contributed by atoms with van der Waals surface area (Å²) in [5.41, 5.74) is 1.88. The number of aromatic nitrogens is 2. The molecule has 1 aliphatic carbocycles. The topological polar surface area (TPSA) is 58.0 Å². The van der Waals surface area contributed by atoms with Gasteiger partial charge in [0.25, 0.3) is 0 Å². The minimum atomic E-state index is 0.310. The van der Waals surface area contributed by atoms with Crippen molar-refractivity contribution in [1.29, 1.82) is 0 Å². The van der Waals surface area contributed by atoms with Crippen LogP contribution >= 0.6 is 0 Å². The van der Waals surface area contributed by atoms with E-state index in [0.717, 1.165) is 30.2 Å². The van der Waals surface area contributed by atoms with Gasteiger partial charge in [-0.25, -0.2) is 4.98 Å². The van der Waals surface area contributed by atoms with Crippen molar-refractivity contribution in [3.63, 3.8) is 0 Å². The number of hydrogen-bond donors (Lipinski definition) is 2. The average molecular weight is 249 g/mol. The zero-order valence-electron chi connectivity index (χ0n) is 11.3. The summed E-state index contributed by atoms with van der Waals surface area (Å²) in [7, 11) is 0. The molecule has 2 unspecified atom stereocenters. The summed E-state index contributed by atoms with van der Waals surface area (Å²) in [4.78, 5) is 8.78. The molecule has 2 rings (SSSR count). The van der Waals surface area contributed by atoms with E-state index in [2.05, 4.69) is 15.3 Å². The quantitative estimate of drug-likeness (QED) is 0.859. The van der Waals surface area contributed by atoms with Gasteiger partial charge in [-0.05, 0) is 38.5 Å². The second-order valence-electron chi connectivity index (χ2n) is 5.31. The fourth-order valence-corrected chi connectivity index (χ4v) is 2.73. The first-order chi connectivity index (χ1) is 8.70. The Hall–Kier alpha value is -1.16. The van der Waals surface area contributed by atoms with Gasteiger partial charge < -0.3 is 10.4 Å². The summed E-state index contributed by atoms with van der Waals surface area (Å²) in [5, 5.41) is 12.8. The van der Waals surface area contributed by atoms with Gasteiger partial charge in [-0.1, -0.05) is 12.8 Å². The van der Waals surface area contributed by atoms with E-state index in [1.807, 2.05) is 13.8 Å². The van der Waals surface area contributed by atoms with E-state index >= 15 is 0 Å². The molecule has 0 saturated heterocycles. The summed E-state index contributed by atoms with van der Waals surface area (Å²) in [6.45, 7) is 5.13. The molecule has 1 aliphatic rings. The fourth-order valence-electron chi connectivity index (χ4n) is 2.73. The fraction of sp³-hybridized carbons (Fsp3) is 0.714. The first-order valence-corrected chi connectivity index (χ1v) is 6.85. The SMILES string of the molecule is Cc1cnc(C)c(NCC2CCCCC2CO)n1. The Morgan fingerprint density at radius 3 is 2.72 bits per heavy atom. The van der Waals surface area contributed by atoms with Crippen LogP contribution in [0.1, 0.15) is 37.1 Å². The maximum Gasteiger partial charge on any atom is 0.147 e. The van der Waals surface area contributed by atoms with Gasteiger partial charge in [0.05, 0.1) is 11.4 Å². The highest BCUT2D eigenvalue weighted by atomic mass is 16.3. The number of aliphatic hydroxyl groups excluding tert-OH is 1. The molecule has 0 bridgehead atoms. The lowest BCUT2D eigenvalue weighted by molar-refractivity contribution is 0.141. The number of aryl methyl sites for hydroxylation is 2. The summed E-state index contributed by atoms with van der Waals surface area (Å²) in [6, 6.07) is 0. The van der Waals surface area contributed by atoms with Crippen LogP contribution in [-0.2, 0) is 0 Å². The maximum absolute atomic E-state index is 9.40. The van der Waals surface area contributed by atoms with Crippen LogP contribution in [-0.4, -0.2) is 28.2 Å². The Morgan fingerprint density at radius 2 is 2.00 bits per heavy atom. The van der Waals surface area contributed by atoms with E-state index in [4.69, 9.17) is 0 Å². The Balaban J connectivity index is 1.95. The summed E-state index contributed by atoms with van der Waals surface area (Å²) >= 11 is 0. The van der Waals surface area contributed by atoms with E-state index in [0.29, 0.717) is 18.4 Å². The average Bonchev–Trinajstić information content (AvgIpc) is 2.40. The monoisotopic (exact) mass is 249 g/mol. The van der Waals surface area contributed by atoms with Gasteiger partial charge in [0.1, 0.15) is 5.82 Å². The molecule has 1 aromatic rings. The van der Waals surface area contributed by atoms with Crippen molar-refractivity contribution in [2.45, 2.75) is 39.5 Å². The molecule has 18 heavy (non-hydrogen) atoms. The highest BCUT2D eigenvalue weighted by Crippen LogP contribution is 2.29. The van der Waals surface area contributed by atoms with Gasteiger partial charge in [-0.2, -0.15) is 0 Å². The zero-order valence-corrected chi connectivity index (χ0v) is 11.3. The molecule has 0 amide bonds. The van der Waals surface area contributed by atoms with Crippen LogP contribution in [0.4, 0.5) is 5.82 Å². The summed E-state index contributed by atoms with van der Waals surface area (Å²) in [5.74, 6) is 1.90. The molecule has 0 radical (unpaired) electrons. The highest BCUT2D eigenvalue weighted by molar-refractivity contribution is 5.39. The summed E-state index contributed by atoms with van der Waals surface area (Å²) < 4.78 is 0. The van der Waals surface area contributed by atoms with Crippen LogP contribution in [0, 0.1) is 25.7 Å². The van der Waals surface area contributed by atoms with E-state index in [1.54, 1.807) is 6.20 Å². The van der Waals surface area contributed by atoms with Crippen LogP contribution in [0.2, 0.25) is 0 Å². The molecule has 0 spiro atoms. The highest BCUT2D eigenvalue weighted by Gasteiger charge is 2.24. The predicted octanol–water partition coefficient (Wildman–Crippen LogP) is 2.30. The summed E-state index contributed by atoms with van der Waals surface area (Å²) in [6.07, 6.45) is 6.68. The van der Waals surface area contributed by atoms with Crippen molar-refractivity contribution in [3.8, 4) is 0 Å². The Morgan fingerprint density at radius 1 is 1.28 bits per heavy atom. The van der Waals surface area contributed by atoms with E-state index in [9.17, 15) is 5.11 Å². The van der Waals surface area contributed by atoms with Crippen molar-refractivity contribution < 1.29 is 5.11 Å². The number of anilines is 1. The molecular weight excluding hydrogens is 226 g/mol. The predicted molar refractivity (Wildman–Crippen MR) is 72.5 cm³/mol. The van der Waals surface area contributed by atoms with E-state index in [-0.39, 0.29) is 0 Å². The second-order valence-corrected chi connectivity index (χ2v) is 5.31. The first-order valence-electron chi connectivity index (χ1n) is 6.85. The van der Waals surface area contributed by atoms with E-state index in [1.165, 1.54) is 19.3 Å². The standard InChI is InChI=1S/C14H23N3O/c1-10-7-15-11(2)14(17-10)16-8-12-5-3-4-6-13(12)9-18/h7,12-13,18H,3-6,8-9H2,1-2H3,(H,16,17). The largest absolute Gasteiger partial charge is 0.396 e. The first kappa shape index (κ1) is 13.3. The molecule has 100 valence electrons. The second kappa shape index (κ2) is 6.14. The van der Waals surface area contributed by atoms with Crippen LogP contribution in [0.25, 0.3) is 0 Å². The molecule has 1 saturated carbocycles. The lowest BCUT2D eigenvalue weighted by Crippen LogP contribution is -2.29. The van der Waals surface area contributed by atoms with Crippen molar-refractivity contribution in [1.82, 2.24) is 9.97 Å². The molecule has 2 atom stereocenters. The zero-order chi connectivity index (χ0) is 13.0. The van der Waals surface area contributed by atoms with Crippen LogP contribution in [0.3, 0.4) is 0 Å². The molecule has 2 N–H and O–H groups in total. The Labute approximate surface area is 109 Å². The van der Waals surface area contributed by atoms with Gasteiger partial charge in [0.15, 0.2) is 0 Å². The Kier molecular flexibility index (Phi) is 4.53. The van der Waals surface area contributed by atoms with Crippen molar-refractivity contribution in [3.05, 3.63) is 17.6 Å². The number of nitrogens with one attached hydrogen (secondary N) is 1. The molecule has 1 aromatic heterocycles. The molecule has 1 heterocycles. The van der Waals surface area contributed by atoms with Crippen molar-refractivity contribution in [2.24, 2.45) is 11.8 Å². The Bertz CT molecular complexity index is 395. The lowest BCUT2D eigenvalue weighted by atomic mass is 9.79. The third kappa shape index (κ3) is 3.19. The minimum Gasteiger partial charge on any atom is -0.396 e. The van der Waals surface area contributed by atoms with Crippen molar-refractivity contribution >= 4 is 5.82 Å². The van der Waals surface area contributed by atoms with E-state index < -0.39 is 0 Å². The number of nitrogens with zero attached hydrogens (tertiary/aromatic N) is 2. The molecule has 4 heteroatoms. The molecule has 4 nitrogen and oxygen atoms in total. The number of rotatable bonds is 4. The van der Waals surface area contributed by atoms with Gasteiger partial charge in [0, 0.05) is 19.3 Å². The van der Waals surface area contributed by atoms with Crippen LogP contribution in [0.15, 0.2) is 6.20 Å². The normalized spacial score (nSPS) is 23.9. The number of aliphatic hydroxyl groups is 1. The third-order valence-corrected chi connectivity index (χ3v) is 3.91. The van der Waals surface area contributed by atoms with Gasteiger partial charge >= 0.3 is 0 Å². The van der Waals surface area contributed by atoms with Crippen LogP contribution in [0.5, 0.6) is 0 Å². The minimum absolute atomic E-state index is 0.310. The van der Waals surface area contributed by atoms with Gasteiger partial charge in [-0.15, -0.1) is 0 Å². The van der Waals surface area contributed by atoms with Gasteiger partial charge in [-0.3, -0.25) is 4.98 Å². The molecule has 1 fully saturated rings. The maximum atomic E-state index is 9.40. The molecule has 0 aromatic carbocycles.